The van der Waals surface area contributed by atoms with Crippen LogP contribution in [-0.4, -0.2) is 79.7 Å². The van der Waals surface area contributed by atoms with Gasteiger partial charge in [0.25, 0.3) is 11.7 Å². The van der Waals surface area contributed by atoms with Crippen molar-refractivity contribution >= 4 is 17.4 Å². The summed E-state index contributed by atoms with van der Waals surface area (Å²) < 4.78 is 22.7. The van der Waals surface area contributed by atoms with Crippen molar-refractivity contribution in [3.05, 3.63) is 94.6 Å². The lowest BCUT2D eigenvalue weighted by Crippen LogP contribution is -2.39. The number of nitrogens with zero attached hydrogens (tertiary/aromatic N) is 2. The molecule has 0 aliphatic carbocycles. The highest BCUT2D eigenvalue weighted by atomic mass is 16.5. The minimum atomic E-state index is -0.794. The first-order valence-electron chi connectivity index (χ1n) is 15.1. The maximum absolute atomic E-state index is 13.6. The Morgan fingerprint density at radius 3 is 2.43 bits per heavy atom. The Morgan fingerprint density at radius 1 is 0.955 bits per heavy atom. The summed E-state index contributed by atoms with van der Waals surface area (Å²) in [5, 5.41) is 11.7. The number of aliphatic hydroxyl groups excluding tert-OH is 1. The zero-order valence-electron chi connectivity index (χ0n) is 25.6. The predicted molar refractivity (Wildman–Crippen MR) is 167 cm³/mol. The third kappa shape index (κ3) is 6.90. The molecule has 3 aromatic rings. The number of hydrogen-bond acceptors (Lipinski definition) is 8. The van der Waals surface area contributed by atoms with E-state index in [9.17, 15) is 14.7 Å². The minimum Gasteiger partial charge on any atom is -0.507 e. The highest BCUT2D eigenvalue weighted by molar-refractivity contribution is 6.46. The molecule has 0 bridgehead atoms. The number of methoxy groups -OCH3 is 1. The van der Waals surface area contributed by atoms with Gasteiger partial charge in [-0.1, -0.05) is 36.4 Å². The molecule has 9 nitrogen and oxygen atoms in total. The number of aliphatic hydroxyl groups is 1. The topological polar surface area (TPSA) is 97.8 Å². The molecule has 5 rings (SSSR count). The van der Waals surface area contributed by atoms with Crippen LogP contribution in [-0.2, 0) is 20.9 Å². The lowest BCUT2D eigenvalue weighted by atomic mass is 9.93. The predicted octanol–water partition coefficient (Wildman–Crippen LogP) is 5.13. The average molecular weight is 601 g/mol. The fourth-order valence-electron chi connectivity index (χ4n) is 5.75. The Labute approximate surface area is 258 Å². The fraction of sp³-hybridized carbons (Fsp3) is 0.371. The smallest absolute Gasteiger partial charge is 0.295 e. The maximum atomic E-state index is 13.6. The number of benzene rings is 3. The molecule has 1 atom stereocenters. The van der Waals surface area contributed by atoms with E-state index in [0.29, 0.717) is 67.8 Å². The summed E-state index contributed by atoms with van der Waals surface area (Å²) in [5.74, 6) is 0.120. The van der Waals surface area contributed by atoms with Crippen molar-refractivity contribution in [2.24, 2.45) is 0 Å². The molecule has 3 aromatic carbocycles. The molecule has 2 saturated heterocycles. The highest BCUT2D eigenvalue weighted by Crippen LogP contribution is 2.42. The van der Waals surface area contributed by atoms with Crippen LogP contribution in [0.4, 0.5) is 0 Å². The van der Waals surface area contributed by atoms with Gasteiger partial charge in [0.15, 0.2) is 11.5 Å². The molecule has 2 heterocycles. The third-order valence-corrected chi connectivity index (χ3v) is 8.02. The molecule has 2 aliphatic heterocycles. The number of Topliss-reactive ketones (excluding diaryl/α,β-unsaturated/α-hetero) is 1. The van der Waals surface area contributed by atoms with Crippen LogP contribution in [0.1, 0.15) is 41.6 Å². The standard InChI is InChI=1S/C35H40N2O7/c1-4-43-29-14-11-26(22-30(29)41-3)32-31(34(39)35(40)37(32)16-8-15-36-17-19-42-20-18-36)33(38)28-13-12-27(21-24(28)2)44-23-25-9-6-5-7-10-25/h5-7,9-14,21-22,32,38H,4,8,15-20,23H2,1-3H3/b33-31+/t32-/m1/s1. The van der Waals surface area contributed by atoms with E-state index in [4.69, 9.17) is 18.9 Å². The summed E-state index contributed by atoms with van der Waals surface area (Å²) >= 11 is 0. The average Bonchev–Trinajstić information content (AvgIpc) is 3.30. The van der Waals surface area contributed by atoms with Gasteiger partial charge in [-0.3, -0.25) is 14.5 Å². The Kier molecular flexibility index (Phi) is 10.2. The van der Waals surface area contributed by atoms with Gasteiger partial charge in [-0.15, -0.1) is 0 Å². The quantitative estimate of drug-likeness (QED) is 0.174. The normalized spacial score (nSPS) is 18.4. The second-order valence-electron chi connectivity index (χ2n) is 10.9. The summed E-state index contributed by atoms with van der Waals surface area (Å²) in [5.41, 5.74) is 2.92. The van der Waals surface area contributed by atoms with Crippen molar-refractivity contribution in [3.8, 4) is 17.2 Å². The highest BCUT2D eigenvalue weighted by Gasteiger charge is 2.46. The number of likely N-dealkylation sites (tertiary alicyclic amines) is 1. The van der Waals surface area contributed by atoms with Crippen LogP contribution < -0.4 is 14.2 Å². The number of ketones is 1. The molecule has 9 heteroatoms. The fourth-order valence-corrected chi connectivity index (χ4v) is 5.75. The van der Waals surface area contributed by atoms with Gasteiger partial charge in [0.05, 0.1) is 38.5 Å². The van der Waals surface area contributed by atoms with E-state index in [-0.39, 0.29) is 11.3 Å². The van der Waals surface area contributed by atoms with Crippen molar-refractivity contribution in [2.45, 2.75) is 32.9 Å². The Balaban J connectivity index is 1.47. The molecule has 1 amide bonds. The second kappa shape index (κ2) is 14.4. The van der Waals surface area contributed by atoms with E-state index in [2.05, 4.69) is 4.90 Å². The minimum absolute atomic E-state index is 0.0497. The molecule has 1 N–H and O–H groups in total. The number of carbonyl (C=O) groups is 2. The second-order valence-corrected chi connectivity index (χ2v) is 10.9. The molecule has 44 heavy (non-hydrogen) atoms. The van der Waals surface area contributed by atoms with E-state index in [1.54, 1.807) is 36.3 Å². The molecule has 2 aliphatic rings. The van der Waals surface area contributed by atoms with Crippen molar-refractivity contribution in [1.29, 1.82) is 0 Å². The first-order valence-corrected chi connectivity index (χ1v) is 15.1. The van der Waals surface area contributed by atoms with Crippen LogP contribution >= 0.6 is 0 Å². The van der Waals surface area contributed by atoms with Crippen LogP contribution in [0.2, 0.25) is 0 Å². The molecular weight excluding hydrogens is 560 g/mol. The lowest BCUT2D eigenvalue weighted by molar-refractivity contribution is -0.140. The van der Waals surface area contributed by atoms with Gasteiger partial charge in [0.2, 0.25) is 0 Å². The molecule has 0 radical (unpaired) electrons. The zero-order chi connectivity index (χ0) is 31.1. The lowest BCUT2D eigenvalue weighted by Gasteiger charge is -2.29. The van der Waals surface area contributed by atoms with Gasteiger partial charge < -0.3 is 29.0 Å². The summed E-state index contributed by atoms with van der Waals surface area (Å²) in [6.07, 6.45) is 0.671. The van der Waals surface area contributed by atoms with Crippen LogP contribution in [0.15, 0.2) is 72.3 Å². The van der Waals surface area contributed by atoms with Gasteiger partial charge in [0, 0.05) is 31.7 Å². The van der Waals surface area contributed by atoms with Crippen LogP contribution in [0.5, 0.6) is 17.2 Å². The van der Waals surface area contributed by atoms with Gasteiger partial charge in [-0.25, -0.2) is 0 Å². The molecule has 0 saturated carbocycles. The molecule has 232 valence electrons. The first-order chi connectivity index (χ1) is 21.4. The number of ether oxygens (including phenoxy) is 4. The molecular formula is C35H40N2O7. The third-order valence-electron chi connectivity index (χ3n) is 8.02. The van der Waals surface area contributed by atoms with Crippen LogP contribution in [0.25, 0.3) is 5.76 Å². The number of carbonyl (C=O) groups excluding carboxylic acids is 2. The summed E-state index contributed by atoms with van der Waals surface area (Å²) in [4.78, 5) is 31.0. The number of rotatable bonds is 12. The Bertz CT molecular complexity index is 1500. The monoisotopic (exact) mass is 600 g/mol. The summed E-state index contributed by atoms with van der Waals surface area (Å²) in [7, 11) is 1.55. The van der Waals surface area contributed by atoms with Gasteiger partial charge in [-0.2, -0.15) is 0 Å². The van der Waals surface area contributed by atoms with Gasteiger partial charge >= 0.3 is 0 Å². The number of aryl methyl sites for hydroxylation is 1. The van der Waals surface area contributed by atoms with Crippen molar-refractivity contribution in [3.63, 3.8) is 0 Å². The molecule has 0 unspecified atom stereocenters. The Hall–Kier alpha value is -4.34. The number of morpholine rings is 1. The van der Waals surface area contributed by atoms with Crippen LogP contribution in [0.3, 0.4) is 0 Å². The SMILES string of the molecule is CCOc1ccc([C@@H]2/C(=C(\O)c3ccc(OCc4ccccc4)cc3C)C(=O)C(=O)N2CCCN2CCOCC2)cc1OC. The van der Waals surface area contributed by atoms with Gasteiger partial charge in [0.1, 0.15) is 18.1 Å². The maximum Gasteiger partial charge on any atom is 0.295 e. The summed E-state index contributed by atoms with van der Waals surface area (Å²) in [6.45, 7) is 8.76. The first kappa shape index (κ1) is 31.1. The van der Waals surface area contributed by atoms with E-state index >= 15 is 0 Å². The molecule has 0 aromatic heterocycles. The van der Waals surface area contributed by atoms with E-state index in [1.165, 1.54) is 0 Å². The Morgan fingerprint density at radius 2 is 1.73 bits per heavy atom. The number of hydrogen-bond donors (Lipinski definition) is 1. The zero-order valence-corrected chi connectivity index (χ0v) is 25.6. The van der Waals surface area contributed by atoms with Crippen molar-refractivity contribution in [1.82, 2.24) is 9.80 Å². The van der Waals surface area contributed by atoms with E-state index < -0.39 is 17.7 Å². The van der Waals surface area contributed by atoms with Crippen LogP contribution in [0, 0.1) is 6.92 Å². The number of amides is 1. The largest absolute Gasteiger partial charge is 0.507 e. The molecule has 2 fully saturated rings. The van der Waals surface area contributed by atoms with E-state index in [0.717, 1.165) is 30.8 Å². The molecule has 0 spiro atoms. The summed E-state index contributed by atoms with van der Waals surface area (Å²) in [6, 6.07) is 19.7. The van der Waals surface area contributed by atoms with Gasteiger partial charge in [-0.05, 0) is 67.3 Å². The van der Waals surface area contributed by atoms with E-state index in [1.807, 2.05) is 56.3 Å². The van der Waals surface area contributed by atoms with Crippen molar-refractivity contribution < 1.29 is 33.6 Å². The van der Waals surface area contributed by atoms with Crippen molar-refractivity contribution in [2.75, 3.05) is 53.1 Å².